The first-order valence-corrected chi connectivity index (χ1v) is 11.0. The number of halogens is 1. The van der Waals surface area contributed by atoms with E-state index in [1.165, 1.54) is 7.11 Å². The van der Waals surface area contributed by atoms with Crippen molar-refractivity contribution in [2.45, 2.75) is 13.5 Å². The fourth-order valence-electron chi connectivity index (χ4n) is 4.12. The van der Waals surface area contributed by atoms with Crippen LogP contribution in [0.15, 0.2) is 72.8 Å². The van der Waals surface area contributed by atoms with Crippen LogP contribution in [0.3, 0.4) is 0 Å². The molecule has 4 aromatic rings. The lowest BCUT2D eigenvalue weighted by Crippen LogP contribution is -2.13. The Bertz CT molecular complexity index is 1390. The van der Waals surface area contributed by atoms with Gasteiger partial charge in [0.1, 0.15) is 5.75 Å². The standard InChI is InChI=1S/C27H22ClNO5/c1-17-24(26(31)27(28)32)25-21(13-8-14-22(25)34-16-23(30)33-2)29(17)15-19-11-6-7-12-20(19)18-9-4-3-5-10-18/h3-14H,15-16H2,1-2H3. The van der Waals surface area contributed by atoms with Gasteiger partial charge in [0.25, 0.3) is 5.24 Å². The van der Waals surface area contributed by atoms with Crippen molar-refractivity contribution in [1.82, 2.24) is 4.57 Å². The molecule has 0 atom stereocenters. The van der Waals surface area contributed by atoms with E-state index in [4.69, 9.17) is 16.3 Å². The number of ketones is 1. The number of rotatable bonds is 8. The first-order valence-electron chi connectivity index (χ1n) is 10.6. The molecule has 4 rings (SSSR count). The molecule has 0 amide bonds. The molecule has 0 aliphatic carbocycles. The van der Waals surface area contributed by atoms with E-state index < -0.39 is 17.0 Å². The van der Waals surface area contributed by atoms with E-state index >= 15 is 0 Å². The minimum absolute atomic E-state index is 0.160. The van der Waals surface area contributed by atoms with Crippen LogP contribution in [0, 0.1) is 6.92 Å². The third-order valence-electron chi connectivity index (χ3n) is 5.72. The van der Waals surface area contributed by atoms with Crippen LogP contribution in [-0.2, 0) is 20.9 Å². The highest BCUT2D eigenvalue weighted by atomic mass is 35.5. The number of aromatic nitrogens is 1. The Morgan fingerprint density at radius 2 is 1.62 bits per heavy atom. The molecule has 0 radical (unpaired) electrons. The summed E-state index contributed by atoms with van der Waals surface area (Å²) in [5.74, 6) is -1.10. The molecule has 1 aromatic heterocycles. The fourth-order valence-corrected chi connectivity index (χ4v) is 4.21. The first kappa shape index (κ1) is 23.3. The number of carbonyl (C=O) groups excluding carboxylic acids is 3. The molecule has 0 saturated carbocycles. The summed E-state index contributed by atoms with van der Waals surface area (Å²) in [7, 11) is 1.26. The highest BCUT2D eigenvalue weighted by Gasteiger charge is 2.27. The topological polar surface area (TPSA) is 74.6 Å². The summed E-state index contributed by atoms with van der Waals surface area (Å²) >= 11 is 5.60. The summed E-state index contributed by atoms with van der Waals surface area (Å²) in [4.78, 5) is 36.3. The molecular weight excluding hydrogens is 454 g/mol. The van der Waals surface area contributed by atoms with Crippen molar-refractivity contribution in [3.8, 4) is 16.9 Å². The van der Waals surface area contributed by atoms with Crippen LogP contribution in [0.4, 0.5) is 0 Å². The molecule has 0 N–H and O–H groups in total. The Hall–Kier alpha value is -3.90. The van der Waals surface area contributed by atoms with E-state index in [1.54, 1.807) is 19.1 Å². The SMILES string of the molecule is COC(=O)COc1cccc2c1c(C(=O)C(=O)Cl)c(C)n2Cc1ccccc1-c1ccccc1. The first-order chi connectivity index (χ1) is 16.4. The molecule has 0 aliphatic heterocycles. The van der Waals surface area contributed by atoms with Gasteiger partial charge in [-0.15, -0.1) is 0 Å². The van der Waals surface area contributed by atoms with Gasteiger partial charge < -0.3 is 14.0 Å². The van der Waals surface area contributed by atoms with E-state index in [-0.39, 0.29) is 12.2 Å². The van der Waals surface area contributed by atoms with Gasteiger partial charge in [0, 0.05) is 12.2 Å². The number of Topliss-reactive ketones (excluding diaryl/α,β-unsaturated/α-hetero) is 1. The molecule has 34 heavy (non-hydrogen) atoms. The molecule has 1 heterocycles. The number of methoxy groups -OCH3 is 1. The summed E-state index contributed by atoms with van der Waals surface area (Å²) in [6.07, 6.45) is 0. The largest absolute Gasteiger partial charge is 0.481 e. The molecule has 0 spiro atoms. The zero-order valence-electron chi connectivity index (χ0n) is 18.7. The number of ether oxygens (including phenoxy) is 2. The van der Waals surface area contributed by atoms with Gasteiger partial charge in [-0.3, -0.25) is 9.59 Å². The van der Waals surface area contributed by atoms with Crippen LogP contribution in [-0.4, -0.2) is 35.3 Å². The van der Waals surface area contributed by atoms with E-state index in [0.717, 1.165) is 16.7 Å². The Morgan fingerprint density at radius 3 is 2.32 bits per heavy atom. The summed E-state index contributed by atoms with van der Waals surface area (Å²) < 4.78 is 12.3. The maximum Gasteiger partial charge on any atom is 0.343 e. The number of carbonyl (C=O) groups is 3. The van der Waals surface area contributed by atoms with Crippen molar-refractivity contribution in [3.05, 3.63) is 89.6 Å². The highest BCUT2D eigenvalue weighted by Crippen LogP contribution is 2.36. The van der Waals surface area contributed by atoms with Crippen molar-refractivity contribution in [2.24, 2.45) is 0 Å². The smallest absolute Gasteiger partial charge is 0.343 e. The van der Waals surface area contributed by atoms with Crippen LogP contribution in [0.2, 0.25) is 0 Å². The minimum atomic E-state index is -1.09. The van der Waals surface area contributed by atoms with Crippen LogP contribution in [0.1, 0.15) is 21.6 Å². The zero-order valence-corrected chi connectivity index (χ0v) is 19.5. The maximum atomic E-state index is 12.8. The summed E-state index contributed by atoms with van der Waals surface area (Å²) in [6.45, 7) is 1.87. The van der Waals surface area contributed by atoms with Gasteiger partial charge in [-0.05, 0) is 47.3 Å². The lowest BCUT2D eigenvalue weighted by atomic mass is 9.99. The molecule has 6 nitrogen and oxygen atoms in total. The van der Waals surface area contributed by atoms with Gasteiger partial charge in [-0.25, -0.2) is 4.79 Å². The second kappa shape index (κ2) is 9.93. The van der Waals surface area contributed by atoms with E-state index in [2.05, 4.69) is 4.74 Å². The van der Waals surface area contributed by atoms with E-state index in [0.29, 0.717) is 28.9 Å². The van der Waals surface area contributed by atoms with Gasteiger partial charge >= 0.3 is 5.97 Å². The Morgan fingerprint density at radius 1 is 0.912 bits per heavy atom. The molecule has 0 saturated heterocycles. The number of hydrogen-bond acceptors (Lipinski definition) is 5. The second-order valence-corrected chi connectivity index (χ2v) is 8.03. The van der Waals surface area contributed by atoms with Crippen molar-refractivity contribution in [3.63, 3.8) is 0 Å². The van der Waals surface area contributed by atoms with E-state index in [1.807, 2.05) is 65.2 Å². The Labute approximate surface area is 201 Å². The molecule has 0 fully saturated rings. The summed E-state index contributed by atoms with van der Waals surface area (Å²) in [6, 6.07) is 23.3. The second-order valence-electron chi connectivity index (χ2n) is 7.69. The molecule has 172 valence electrons. The summed E-state index contributed by atoms with van der Waals surface area (Å²) in [5.41, 5.74) is 4.58. The fraction of sp³-hybridized carbons (Fsp3) is 0.148. The third kappa shape index (κ3) is 4.45. The summed E-state index contributed by atoms with van der Waals surface area (Å²) in [5, 5.41) is -0.658. The predicted molar refractivity (Wildman–Crippen MR) is 130 cm³/mol. The van der Waals surface area contributed by atoms with Crippen LogP contribution < -0.4 is 4.74 Å². The van der Waals surface area contributed by atoms with Gasteiger partial charge in [0.05, 0.1) is 23.6 Å². The molecule has 0 bridgehead atoms. The lowest BCUT2D eigenvalue weighted by molar-refractivity contribution is -0.142. The number of benzene rings is 3. The molecule has 3 aromatic carbocycles. The van der Waals surface area contributed by atoms with Crippen LogP contribution in [0.25, 0.3) is 22.0 Å². The van der Waals surface area contributed by atoms with Gasteiger partial charge in [-0.1, -0.05) is 60.7 Å². The molecular formula is C27H22ClNO5. The average molecular weight is 476 g/mol. The molecule has 7 heteroatoms. The monoisotopic (exact) mass is 475 g/mol. The maximum absolute atomic E-state index is 12.8. The number of hydrogen-bond donors (Lipinski definition) is 0. The predicted octanol–water partition coefficient (Wildman–Crippen LogP) is 5.16. The highest BCUT2D eigenvalue weighted by molar-refractivity contribution is 6.83. The van der Waals surface area contributed by atoms with Gasteiger partial charge in [-0.2, -0.15) is 0 Å². The van der Waals surface area contributed by atoms with Crippen molar-refractivity contribution >= 4 is 39.5 Å². The zero-order chi connectivity index (χ0) is 24.2. The minimum Gasteiger partial charge on any atom is -0.481 e. The third-order valence-corrected chi connectivity index (χ3v) is 5.89. The quantitative estimate of drug-likeness (QED) is 0.152. The van der Waals surface area contributed by atoms with Crippen molar-refractivity contribution in [2.75, 3.05) is 13.7 Å². The average Bonchev–Trinajstić information content (AvgIpc) is 3.14. The normalized spacial score (nSPS) is 10.8. The number of esters is 1. The number of nitrogens with zero attached hydrogens (tertiary/aromatic N) is 1. The Kier molecular flexibility index (Phi) is 6.80. The van der Waals surface area contributed by atoms with Gasteiger partial charge in [0.15, 0.2) is 6.61 Å². The molecule has 0 aliphatic rings. The van der Waals surface area contributed by atoms with Crippen molar-refractivity contribution < 1.29 is 23.9 Å². The Balaban J connectivity index is 1.88. The van der Waals surface area contributed by atoms with E-state index in [9.17, 15) is 14.4 Å². The van der Waals surface area contributed by atoms with Gasteiger partial charge in [0.2, 0.25) is 5.78 Å². The number of fused-ring (bicyclic) bond motifs is 1. The molecule has 0 unspecified atom stereocenters. The lowest BCUT2D eigenvalue weighted by Gasteiger charge is -2.14. The van der Waals surface area contributed by atoms with Crippen LogP contribution >= 0.6 is 11.6 Å². The van der Waals surface area contributed by atoms with Crippen molar-refractivity contribution in [1.29, 1.82) is 0 Å². The van der Waals surface area contributed by atoms with Crippen LogP contribution in [0.5, 0.6) is 5.75 Å².